The van der Waals surface area contributed by atoms with Crippen molar-refractivity contribution in [1.29, 1.82) is 0 Å². The molecule has 3 aromatic carbocycles. The van der Waals surface area contributed by atoms with Crippen LogP contribution in [0.25, 0.3) is 27.0 Å². The van der Waals surface area contributed by atoms with E-state index in [-0.39, 0.29) is 5.91 Å². The molecule has 32 heavy (non-hydrogen) atoms. The smallest absolute Gasteiger partial charge is 0.266 e. The Morgan fingerprint density at radius 1 is 0.969 bits per heavy atom. The minimum atomic E-state index is -0.343. The van der Waals surface area contributed by atoms with E-state index in [0.29, 0.717) is 9.90 Å². The van der Waals surface area contributed by atoms with E-state index in [1.807, 2.05) is 91.1 Å². The van der Waals surface area contributed by atoms with Crippen LogP contribution in [-0.4, -0.2) is 21.9 Å². The van der Waals surface area contributed by atoms with Crippen molar-refractivity contribution < 1.29 is 4.79 Å². The van der Waals surface area contributed by atoms with E-state index in [0.717, 1.165) is 32.6 Å². The molecule has 5 rings (SSSR count). The molecule has 0 saturated heterocycles. The molecular formula is C25H17ClN4OS. The predicted molar refractivity (Wildman–Crippen MR) is 131 cm³/mol. The summed E-state index contributed by atoms with van der Waals surface area (Å²) in [6, 6.07) is 27.4. The summed E-state index contributed by atoms with van der Waals surface area (Å²) in [6.07, 6.45) is 3.49. The van der Waals surface area contributed by atoms with Crippen molar-refractivity contribution in [2.24, 2.45) is 5.10 Å². The lowest BCUT2D eigenvalue weighted by Gasteiger charge is -2.00. The number of aromatic nitrogens is 2. The first kappa shape index (κ1) is 20.2. The van der Waals surface area contributed by atoms with E-state index in [4.69, 9.17) is 16.7 Å². The summed E-state index contributed by atoms with van der Waals surface area (Å²) < 4.78 is 2.76. The van der Waals surface area contributed by atoms with Crippen LogP contribution >= 0.6 is 22.9 Å². The molecule has 5 aromatic rings. The predicted octanol–water partition coefficient (Wildman–Crippen LogP) is 6.17. The third-order valence-corrected chi connectivity index (χ3v) is 6.60. The molecule has 0 fully saturated rings. The molecule has 7 heteroatoms. The Morgan fingerprint density at radius 3 is 2.41 bits per heavy atom. The zero-order chi connectivity index (χ0) is 21.9. The number of amides is 1. The van der Waals surface area contributed by atoms with Crippen molar-refractivity contribution >= 4 is 45.1 Å². The molecule has 0 bridgehead atoms. The number of thiophene rings is 1. The summed E-state index contributed by atoms with van der Waals surface area (Å²) >= 11 is 7.75. The van der Waals surface area contributed by atoms with Gasteiger partial charge in [0, 0.05) is 27.4 Å². The first-order chi connectivity index (χ1) is 15.7. The van der Waals surface area contributed by atoms with Crippen LogP contribution in [0.15, 0.2) is 96.2 Å². The highest BCUT2D eigenvalue weighted by Crippen LogP contribution is 2.35. The highest BCUT2D eigenvalue weighted by molar-refractivity contribution is 7.21. The van der Waals surface area contributed by atoms with Gasteiger partial charge >= 0.3 is 0 Å². The van der Waals surface area contributed by atoms with E-state index in [1.54, 1.807) is 10.9 Å². The fourth-order valence-electron chi connectivity index (χ4n) is 3.39. The van der Waals surface area contributed by atoms with Gasteiger partial charge in [0.1, 0.15) is 10.6 Å². The highest BCUT2D eigenvalue weighted by Gasteiger charge is 2.16. The van der Waals surface area contributed by atoms with E-state index in [1.165, 1.54) is 11.3 Å². The van der Waals surface area contributed by atoms with Crippen LogP contribution in [-0.2, 0) is 0 Å². The van der Waals surface area contributed by atoms with Crippen molar-refractivity contribution in [3.05, 3.63) is 107 Å². The molecule has 0 radical (unpaired) electrons. The van der Waals surface area contributed by atoms with Gasteiger partial charge in [0.05, 0.1) is 16.9 Å². The number of benzene rings is 3. The number of carbonyl (C=O) groups is 1. The Hall–Kier alpha value is -3.74. The number of carbonyl (C=O) groups excluding carboxylic acids is 1. The maximum absolute atomic E-state index is 12.7. The molecule has 2 aromatic heterocycles. The van der Waals surface area contributed by atoms with Crippen LogP contribution in [0.4, 0.5) is 0 Å². The number of hydrogen-bond acceptors (Lipinski definition) is 4. The minimum Gasteiger partial charge on any atom is -0.266 e. The number of para-hydroxylation sites is 1. The summed E-state index contributed by atoms with van der Waals surface area (Å²) in [5.74, 6) is -0.343. The van der Waals surface area contributed by atoms with Gasteiger partial charge in [-0.3, -0.25) is 4.79 Å². The van der Waals surface area contributed by atoms with Gasteiger partial charge in [-0.25, -0.2) is 10.1 Å². The van der Waals surface area contributed by atoms with Crippen LogP contribution in [0.3, 0.4) is 0 Å². The lowest BCUT2D eigenvalue weighted by Crippen LogP contribution is -2.16. The Morgan fingerprint density at radius 2 is 1.66 bits per heavy atom. The number of fused-ring (bicyclic) bond motifs is 1. The average molecular weight is 457 g/mol. The number of halogens is 1. The highest BCUT2D eigenvalue weighted by atomic mass is 35.5. The van der Waals surface area contributed by atoms with Crippen LogP contribution < -0.4 is 5.43 Å². The van der Waals surface area contributed by atoms with Gasteiger partial charge in [0.15, 0.2) is 0 Å². The molecule has 2 heterocycles. The SMILES string of the molecule is O=C(N/N=C/c1cn(-c2ccccc2)nc1-c1ccccc1)c1sc2ccccc2c1Cl. The van der Waals surface area contributed by atoms with Gasteiger partial charge < -0.3 is 0 Å². The Labute approximate surface area is 193 Å². The summed E-state index contributed by atoms with van der Waals surface area (Å²) in [5.41, 5.74) is 6.04. The van der Waals surface area contributed by atoms with Gasteiger partial charge in [-0.05, 0) is 18.2 Å². The second-order valence-electron chi connectivity index (χ2n) is 7.02. The lowest BCUT2D eigenvalue weighted by molar-refractivity contribution is 0.0959. The zero-order valence-corrected chi connectivity index (χ0v) is 18.3. The van der Waals surface area contributed by atoms with Crippen molar-refractivity contribution in [3.8, 4) is 16.9 Å². The first-order valence-corrected chi connectivity index (χ1v) is 11.1. The fourth-order valence-corrected chi connectivity index (χ4v) is 4.79. The molecule has 1 amide bonds. The molecule has 0 aliphatic rings. The number of hydrazone groups is 1. The van der Waals surface area contributed by atoms with Crippen LogP contribution in [0.1, 0.15) is 15.2 Å². The molecule has 0 saturated carbocycles. The Bertz CT molecular complexity index is 1420. The maximum atomic E-state index is 12.7. The molecule has 156 valence electrons. The van der Waals surface area contributed by atoms with E-state index >= 15 is 0 Å². The van der Waals surface area contributed by atoms with Gasteiger partial charge in [0.2, 0.25) is 0 Å². The number of nitrogens with one attached hydrogen (secondary N) is 1. The van der Waals surface area contributed by atoms with Gasteiger partial charge in [-0.15, -0.1) is 11.3 Å². The van der Waals surface area contributed by atoms with Crippen molar-refractivity contribution in [2.45, 2.75) is 0 Å². The summed E-state index contributed by atoms with van der Waals surface area (Å²) in [5, 5.41) is 10.2. The van der Waals surface area contributed by atoms with E-state index in [2.05, 4.69) is 10.5 Å². The second kappa shape index (κ2) is 8.78. The molecular weight excluding hydrogens is 440 g/mol. The molecule has 0 atom stereocenters. The minimum absolute atomic E-state index is 0.343. The summed E-state index contributed by atoms with van der Waals surface area (Å²) in [6.45, 7) is 0. The molecule has 1 N–H and O–H groups in total. The third-order valence-electron chi connectivity index (χ3n) is 4.92. The number of nitrogens with zero attached hydrogens (tertiary/aromatic N) is 3. The van der Waals surface area contributed by atoms with Crippen molar-refractivity contribution in [3.63, 3.8) is 0 Å². The second-order valence-corrected chi connectivity index (χ2v) is 8.45. The first-order valence-electron chi connectivity index (χ1n) is 9.91. The Kier molecular flexibility index (Phi) is 5.54. The quantitative estimate of drug-likeness (QED) is 0.254. The van der Waals surface area contributed by atoms with Gasteiger partial charge in [-0.2, -0.15) is 10.2 Å². The normalized spacial score (nSPS) is 11.3. The van der Waals surface area contributed by atoms with Crippen LogP contribution in [0.5, 0.6) is 0 Å². The van der Waals surface area contributed by atoms with Crippen LogP contribution in [0, 0.1) is 0 Å². The van der Waals surface area contributed by atoms with Gasteiger partial charge in [-0.1, -0.05) is 78.3 Å². The molecule has 0 aliphatic carbocycles. The van der Waals surface area contributed by atoms with Gasteiger partial charge in [0.25, 0.3) is 5.91 Å². The standard InChI is InChI=1S/C25H17ClN4OS/c26-22-20-13-7-8-14-21(20)32-24(22)25(31)28-27-15-18-16-30(19-11-5-2-6-12-19)29-23(18)17-9-3-1-4-10-17/h1-16H,(H,28,31)/b27-15+. The monoisotopic (exact) mass is 456 g/mol. The summed E-state index contributed by atoms with van der Waals surface area (Å²) in [4.78, 5) is 13.1. The average Bonchev–Trinajstić information content (AvgIpc) is 3.42. The molecule has 0 unspecified atom stereocenters. The molecule has 0 spiro atoms. The van der Waals surface area contributed by atoms with E-state index < -0.39 is 0 Å². The lowest BCUT2D eigenvalue weighted by atomic mass is 10.1. The molecule has 0 aliphatic heterocycles. The van der Waals surface area contributed by atoms with Crippen LogP contribution in [0.2, 0.25) is 5.02 Å². The molecule has 5 nitrogen and oxygen atoms in total. The topological polar surface area (TPSA) is 59.3 Å². The van der Waals surface area contributed by atoms with E-state index in [9.17, 15) is 4.79 Å². The van der Waals surface area contributed by atoms with Crippen molar-refractivity contribution in [1.82, 2.24) is 15.2 Å². The third kappa shape index (κ3) is 3.93. The fraction of sp³-hybridized carbons (Fsp3) is 0. The largest absolute Gasteiger partial charge is 0.283 e. The van der Waals surface area contributed by atoms with Crippen molar-refractivity contribution in [2.75, 3.05) is 0 Å². The maximum Gasteiger partial charge on any atom is 0.283 e. The Balaban J connectivity index is 1.44. The zero-order valence-electron chi connectivity index (χ0n) is 16.8. The summed E-state index contributed by atoms with van der Waals surface area (Å²) in [7, 11) is 0. The number of hydrogen-bond donors (Lipinski definition) is 1. The number of rotatable bonds is 5.